The predicted octanol–water partition coefficient (Wildman–Crippen LogP) is 4.76. The maximum Gasteiger partial charge on any atom is 0.417 e. The van der Waals surface area contributed by atoms with Crippen molar-refractivity contribution in [1.82, 2.24) is 9.80 Å². The summed E-state index contributed by atoms with van der Waals surface area (Å²) in [6.45, 7) is 6.34. The molecular formula is C24H28ClF3N4O. The zero-order valence-corrected chi connectivity index (χ0v) is 19.2. The number of hydrogen-bond donors (Lipinski definition) is 2. The molecule has 0 bridgehead atoms. The number of alkyl halides is 3. The summed E-state index contributed by atoms with van der Waals surface area (Å²) >= 11 is 6.16. The number of fused-ring (bicyclic) bond motifs is 1. The maximum atomic E-state index is 13.4. The van der Waals surface area contributed by atoms with E-state index in [1.165, 1.54) is 17.0 Å². The van der Waals surface area contributed by atoms with E-state index in [1.807, 2.05) is 25.1 Å². The van der Waals surface area contributed by atoms with Crippen molar-refractivity contribution in [2.75, 3.05) is 50.3 Å². The molecule has 0 aromatic heterocycles. The van der Waals surface area contributed by atoms with Crippen molar-refractivity contribution in [1.29, 1.82) is 0 Å². The normalized spacial score (nSPS) is 20.8. The van der Waals surface area contributed by atoms with Crippen LogP contribution >= 0.6 is 11.6 Å². The van der Waals surface area contributed by atoms with Crippen molar-refractivity contribution in [2.45, 2.75) is 19.5 Å². The fourth-order valence-corrected chi connectivity index (χ4v) is 5.06. The molecule has 3 N–H and O–H groups in total. The quantitative estimate of drug-likeness (QED) is 0.462. The second kappa shape index (κ2) is 9.43. The van der Waals surface area contributed by atoms with Gasteiger partial charge in [0.05, 0.1) is 11.1 Å². The zero-order valence-electron chi connectivity index (χ0n) is 18.5. The Balaban J connectivity index is 1.28. The van der Waals surface area contributed by atoms with Crippen LogP contribution in [-0.4, -0.2) is 55.0 Å². The summed E-state index contributed by atoms with van der Waals surface area (Å²) in [5, 5.41) is 4.12. The third kappa shape index (κ3) is 5.22. The van der Waals surface area contributed by atoms with Crippen molar-refractivity contribution >= 4 is 28.9 Å². The van der Waals surface area contributed by atoms with Gasteiger partial charge in [-0.1, -0.05) is 23.7 Å². The van der Waals surface area contributed by atoms with E-state index >= 15 is 0 Å². The lowest BCUT2D eigenvalue weighted by atomic mass is 10.0. The molecule has 0 saturated carbocycles. The van der Waals surface area contributed by atoms with Crippen LogP contribution in [0.1, 0.15) is 27.9 Å². The van der Waals surface area contributed by atoms with Crippen LogP contribution in [0.15, 0.2) is 36.4 Å². The first kappa shape index (κ1) is 23.7. The molecule has 2 aromatic carbocycles. The Labute approximate surface area is 196 Å². The molecule has 5 nitrogen and oxygen atoms in total. The van der Waals surface area contributed by atoms with Crippen LogP contribution in [-0.2, 0) is 6.18 Å². The first-order valence-electron chi connectivity index (χ1n) is 11.1. The largest absolute Gasteiger partial charge is 0.417 e. The Morgan fingerprint density at radius 2 is 1.85 bits per heavy atom. The highest BCUT2D eigenvalue weighted by atomic mass is 35.5. The maximum absolute atomic E-state index is 13.4. The zero-order chi connectivity index (χ0) is 23.8. The van der Waals surface area contributed by atoms with Crippen LogP contribution in [0.5, 0.6) is 0 Å². The highest BCUT2D eigenvalue weighted by Gasteiger charge is 2.44. The molecule has 4 rings (SSSR count). The van der Waals surface area contributed by atoms with Gasteiger partial charge in [0, 0.05) is 49.1 Å². The van der Waals surface area contributed by atoms with Crippen LogP contribution in [0.25, 0.3) is 0 Å². The summed E-state index contributed by atoms with van der Waals surface area (Å²) < 4.78 is 40.2. The summed E-state index contributed by atoms with van der Waals surface area (Å²) in [5.41, 5.74) is 6.30. The van der Waals surface area contributed by atoms with Gasteiger partial charge in [-0.2, -0.15) is 13.2 Å². The number of nitrogen functional groups attached to an aromatic ring is 1. The average molecular weight is 481 g/mol. The highest BCUT2D eigenvalue weighted by Crippen LogP contribution is 2.37. The second-order valence-corrected chi connectivity index (χ2v) is 9.41. The standard InChI is InChI=1S/C24H28ClF3N4O/c1-15-6-7-18(10-20(15)25)30-8-3-9-31-11-16-13-32(14-17(16)12-31)23(33)22-19(24(26,27)28)4-2-5-21(22)29/h2,4-7,10,16-17,30H,3,8-9,11-14,29H2,1H3. The number of carbonyl (C=O) groups excluding carboxylic acids is 1. The van der Waals surface area contributed by atoms with Crippen molar-refractivity contribution in [3.05, 3.63) is 58.1 Å². The van der Waals surface area contributed by atoms with E-state index in [1.54, 1.807) is 0 Å². The third-order valence-corrected chi connectivity index (χ3v) is 7.02. The number of nitrogens with zero attached hydrogens (tertiary/aromatic N) is 2. The number of halogens is 4. The van der Waals surface area contributed by atoms with Gasteiger partial charge < -0.3 is 20.9 Å². The van der Waals surface area contributed by atoms with Gasteiger partial charge in [0.1, 0.15) is 0 Å². The Kier molecular flexibility index (Phi) is 6.77. The van der Waals surface area contributed by atoms with Crippen LogP contribution in [0.4, 0.5) is 24.5 Å². The lowest BCUT2D eigenvalue weighted by Crippen LogP contribution is -2.35. The molecular weight excluding hydrogens is 453 g/mol. The number of nitrogens with two attached hydrogens (primary N) is 1. The SMILES string of the molecule is Cc1ccc(NCCCN2CC3CN(C(=O)c4c(N)cccc4C(F)(F)F)CC3C2)cc1Cl. The molecule has 2 saturated heterocycles. The van der Waals surface area contributed by atoms with Crippen LogP contribution in [0, 0.1) is 18.8 Å². The Hall–Kier alpha value is -2.45. The van der Waals surface area contributed by atoms with Crippen LogP contribution < -0.4 is 11.1 Å². The van der Waals surface area contributed by atoms with Gasteiger partial charge in [-0.25, -0.2) is 0 Å². The topological polar surface area (TPSA) is 61.6 Å². The van der Waals surface area contributed by atoms with E-state index in [0.29, 0.717) is 13.1 Å². The molecule has 2 aliphatic heterocycles. The fraction of sp³-hybridized carbons (Fsp3) is 0.458. The summed E-state index contributed by atoms with van der Waals surface area (Å²) in [6, 6.07) is 9.41. The van der Waals surface area contributed by atoms with E-state index in [-0.39, 0.29) is 17.5 Å². The van der Waals surface area contributed by atoms with Gasteiger partial charge in [0.25, 0.3) is 5.91 Å². The number of aryl methyl sites for hydroxylation is 1. The highest BCUT2D eigenvalue weighted by molar-refractivity contribution is 6.31. The van der Waals surface area contributed by atoms with E-state index in [9.17, 15) is 18.0 Å². The fourth-order valence-electron chi connectivity index (χ4n) is 4.88. The second-order valence-electron chi connectivity index (χ2n) is 9.00. The molecule has 0 aliphatic carbocycles. The number of benzene rings is 2. The predicted molar refractivity (Wildman–Crippen MR) is 124 cm³/mol. The number of amides is 1. The van der Waals surface area contributed by atoms with Crippen LogP contribution in [0.2, 0.25) is 5.02 Å². The number of hydrogen-bond acceptors (Lipinski definition) is 4. The number of carbonyl (C=O) groups is 1. The molecule has 1 amide bonds. The third-order valence-electron chi connectivity index (χ3n) is 6.62. The first-order valence-corrected chi connectivity index (χ1v) is 11.5. The van der Waals surface area contributed by atoms with Crippen molar-refractivity contribution in [2.24, 2.45) is 11.8 Å². The lowest BCUT2D eigenvalue weighted by molar-refractivity contribution is -0.138. The molecule has 2 unspecified atom stereocenters. The molecule has 178 valence electrons. The molecule has 2 aromatic rings. The molecule has 0 radical (unpaired) electrons. The van der Waals surface area contributed by atoms with Gasteiger partial charge in [0.15, 0.2) is 0 Å². The minimum absolute atomic E-state index is 0.129. The van der Waals surface area contributed by atoms with E-state index in [4.69, 9.17) is 17.3 Å². The van der Waals surface area contributed by atoms with Gasteiger partial charge in [-0.15, -0.1) is 0 Å². The summed E-state index contributed by atoms with van der Waals surface area (Å²) in [4.78, 5) is 16.9. The number of rotatable bonds is 6. The summed E-state index contributed by atoms with van der Waals surface area (Å²) in [6.07, 6.45) is -3.66. The Morgan fingerprint density at radius 1 is 1.15 bits per heavy atom. The van der Waals surface area contributed by atoms with Gasteiger partial charge in [-0.05, 0) is 61.6 Å². The Morgan fingerprint density at radius 3 is 2.48 bits per heavy atom. The molecule has 0 spiro atoms. The minimum atomic E-state index is -4.62. The Bertz CT molecular complexity index is 1020. The average Bonchev–Trinajstić information content (AvgIpc) is 3.31. The summed E-state index contributed by atoms with van der Waals surface area (Å²) in [5.74, 6) is -0.0727. The van der Waals surface area contributed by atoms with E-state index in [0.717, 1.165) is 54.9 Å². The van der Waals surface area contributed by atoms with Crippen LogP contribution in [0.3, 0.4) is 0 Å². The molecule has 2 heterocycles. The molecule has 2 atom stereocenters. The van der Waals surface area contributed by atoms with Crippen molar-refractivity contribution in [3.63, 3.8) is 0 Å². The first-order chi connectivity index (χ1) is 15.6. The molecule has 2 aliphatic rings. The monoisotopic (exact) mass is 480 g/mol. The molecule has 2 fully saturated rings. The number of anilines is 2. The number of nitrogens with one attached hydrogen (secondary N) is 1. The van der Waals surface area contributed by atoms with Gasteiger partial charge in [-0.3, -0.25) is 4.79 Å². The van der Waals surface area contributed by atoms with Gasteiger partial charge in [0.2, 0.25) is 0 Å². The molecule has 9 heteroatoms. The minimum Gasteiger partial charge on any atom is -0.398 e. The summed E-state index contributed by atoms with van der Waals surface area (Å²) in [7, 11) is 0. The van der Waals surface area contributed by atoms with Gasteiger partial charge >= 0.3 is 6.18 Å². The van der Waals surface area contributed by atoms with E-state index in [2.05, 4.69) is 10.2 Å². The smallest absolute Gasteiger partial charge is 0.398 e. The van der Waals surface area contributed by atoms with Crippen molar-refractivity contribution < 1.29 is 18.0 Å². The molecule has 33 heavy (non-hydrogen) atoms. The lowest BCUT2D eigenvalue weighted by Gasteiger charge is -2.23. The number of likely N-dealkylation sites (tertiary alicyclic amines) is 2. The van der Waals surface area contributed by atoms with Crippen molar-refractivity contribution in [3.8, 4) is 0 Å². The van der Waals surface area contributed by atoms with E-state index < -0.39 is 23.2 Å².